The van der Waals surface area contributed by atoms with E-state index in [1.54, 1.807) is 11.8 Å². The molecule has 0 saturated carbocycles. The average molecular weight is 367 g/mol. The Morgan fingerprint density at radius 3 is 2.56 bits per heavy atom. The van der Waals surface area contributed by atoms with E-state index >= 15 is 0 Å². The summed E-state index contributed by atoms with van der Waals surface area (Å²) < 4.78 is 12.9. The number of nitrogens with zero attached hydrogens (tertiary/aromatic N) is 2. The molecule has 0 bridgehead atoms. The fourth-order valence-corrected chi connectivity index (χ4v) is 3.80. The maximum absolute atomic E-state index is 12.9. The zero-order chi connectivity index (χ0) is 18.1. The molecule has 0 amide bonds. The van der Waals surface area contributed by atoms with Crippen molar-refractivity contribution in [1.82, 2.24) is 15.5 Å². The van der Waals surface area contributed by atoms with E-state index in [0.29, 0.717) is 12.1 Å². The Kier molecular flexibility index (Phi) is 8.55. The lowest BCUT2D eigenvalue weighted by molar-refractivity contribution is 0.167. The van der Waals surface area contributed by atoms with Gasteiger partial charge in [-0.25, -0.2) is 4.39 Å². The normalized spacial score (nSPS) is 17.1. The zero-order valence-electron chi connectivity index (χ0n) is 15.6. The van der Waals surface area contributed by atoms with Gasteiger partial charge in [0.25, 0.3) is 0 Å². The van der Waals surface area contributed by atoms with E-state index in [1.807, 2.05) is 19.2 Å². The van der Waals surface area contributed by atoms with E-state index in [9.17, 15) is 4.39 Å². The largest absolute Gasteiger partial charge is 0.356 e. The highest BCUT2D eigenvalue weighted by Gasteiger charge is 2.21. The summed E-state index contributed by atoms with van der Waals surface area (Å²) in [6.07, 6.45) is 3.37. The molecule has 0 aromatic heterocycles. The van der Waals surface area contributed by atoms with Gasteiger partial charge in [-0.3, -0.25) is 4.99 Å². The van der Waals surface area contributed by atoms with E-state index in [4.69, 9.17) is 0 Å². The summed E-state index contributed by atoms with van der Waals surface area (Å²) in [6.45, 7) is 7.72. The first-order valence-corrected chi connectivity index (χ1v) is 10.2. The highest BCUT2D eigenvalue weighted by atomic mass is 32.2. The molecule has 140 valence electrons. The van der Waals surface area contributed by atoms with Gasteiger partial charge in [0.2, 0.25) is 0 Å². The van der Waals surface area contributed by atoms with Gasteiger partial charge in [-0.05, 0) is 63.1 Å². The number of thioether (sulfide) groups is 1. The average Bonchev–Trinajstić information content (AvgIpc) is 2.62. The molecule has 1 heterocycles. The highest BCUT2D eigenvalue weighted by molar-refractivity contribution is 7.99. The molecular weight excluding hydrogens is 335 g/mol. The van der Waals surface area contributed by atoms with Crippen molar-refractivity contribution < 1.29 is 4.39 Å². The summed E-state index contributed by atoms with van der Waals surface area (Å²) in [7, 11) is 1.83. The number of hydrogen-bond acceptors (Lipinski definition) is 3. The third-order valence-corrected chi connectivity index (χ3v) is 5.62. The van der Waals surface area contributed by atoms with Gasteiger partial charge in [0.15, 0.2) is 5.96 Å². The minimum atomic E-state index is -0.180. The number of guanidine groups is 1. The summed E-state index contributed by atoms with van der Waals surface area (Å²) in [5.74, 6) is 1.72. The van der Waals surface area contributed by atoms with Crippen LogP contribution in [0.1, 0.15) is 33.1 Å². The topological polar surface area (TPSA) is 39.7 Å². The first-order chi connectivity index (χ1) is 12.1. The number of hydrogen-bond donors (Lipinski definition) is 2. The van der Waals surface area contributed by atoms with Gasteiger partial charge >= 0.3 is 0 Å². The molecule has 2 rings (SSSR count). The first kappa shape index (κ1) is 20.0. The SMILES string of the molecule is CN=C(NCCCSc1ccc(F)cc1)NC1CCN(C(C)C)CC1. The van der Waals surface area contributed by atoms with Gasteiger partial charge in [-0.15, -0.1) is 11.8 Å². The Hall–Kier alpha value is -1.27. The van der Waals surface area contributed by atoms with E-state index in [-0.39, 0.29) is 5.82 Å². The molecule has 1 aromatic rings. The molecule has 6 heteroatoms. The van der Waals surface area contributed by atoms with E-state index in [0.717, 1.165) is 42.7 Å². The molecule has 0 atom stereocenters. The summed E-state index contributed by atoms with van der Waals surface area (Å²) in [4.78, 5) is 7.97. The molecule has 1 aromatic carbocycles. The lowest BCUT2D eigenvalue weighted by Crippen LogP contribution is -2.50. The van der Waals surface area contributed by atoms with Crippen LogP contribution >= 0.6 is 11.8 Å². The van der Waals surface area contributed by atoms with Crippen molar-refractivity contribution in [1.29, 1.82) is 0 Å². The molecule has 0 radical (unpaired) electrons. The van der Waals surface area contributed by atoms with Crippen molar-refractivity contribution in [2.75, 3.05) is 32.4 Å². The number of nitrogens with one attached hydrogen (secondary N) is 2. The van der Waals surface area contributed by atoms with Crippen LogP contribution in [0.4, 0.5) is 4.39 Å². The minimum absolute atomic E-state index is 0.180. The smallest absolute Gasteiger partial charge is 0.191 e. The number of benzene rings is 1. The van der Waals surface area contributed by atoms with Crippen LogP contribution in [0.15, 0.2) is 34.2 Å². The van der Waals surface area contributed by atoms with Gasteiger partial charge in [-0.1, -0.05) is 0 Å². The second kappa shape index (κ2) is 10.7. The van der Waals surface area contributed by atoms with Crippen molar-refractivity contribution in [3.63, 3.8) is 0 Å². The van der Waals surface area contributed by atoms with E-state index in [1.165, 1.54) is 25.0 Å². The summed E-state index contributed by atoms with van der Waals surface area (Å²) >= 11 is 1.75. The molecule has 2 N–H and O–H groups in total. The van der Waals surface area contributed by atoms with Crippen molar-refractivity contribution in [3.8, 4) is 0 Å². The predicted octanol–water partition coefficient (Wildman–Crippen LogP) is 3.35. The number of rotatable bonds is 7. The maximum Gasteiger partial charge on any atom is 0.191 e. The third-order valence-electron chi connectivity index (χ3n) is 4.52. The van der Waals surface area contributed by atoms with Crippen molar-refractivity contribution >= 4 is 17.7 Å². The van der Waals surface area contributed by atoms with Gasteiger partial charge in [-0.2, -0.15) is 0 Å². The molecule has 1 saturated heterocycles. The Morgan fingerprint density at radius 2 is 1.96 bits per heavy atom. The quantitative estimate of drug-likeness (QED) is 0.336. The summed E-state index contributed by atoms with van der Waals surface area (Å²) in [5.41, 5.74) is 0. The second-order valence-electron chi connectivity index (χ2n) is 6.70. The molecule has 1 fully saturated rings. The molecule has 0 unspecified atom stereocenters. The van der Waals surface area contributed by atoms with Gasteiger partial charge in [0.1, 0.15) is 5.82 Å². The van der Waals surface area contributed by atoms with Crippen LogP contribution in [0.2, 0.25) is 0 Å². The molecule has 4 nitrogen and oxygen atoms in total. The Balaban J connectivity index is 1.60. The number of piperidine rings is 1. The second-order valence-corrected chi connectivity index (χ2v) is 7.87. The zero-order valence-corrected chi connectivity index (χ0v) is 16.4. The van der Waals surface area contributed by atoms with Crippen LogP contribution in [-0.4, -0.2) is 55.4 Å². The maximum atomic E-state index is 12.9. The van der Waals surface area contributed by atoms with Crippen LogP contribution in [0.25, 0.3) is 0 Å². The van der Waals surface area contributed by atoms with Crippen LogP contribution in [-0.2, 0) is 0 Å². The van der Waals surface area contributed by atoms with E-state index < -0.39 is 0 Å². The summed E-state index contributed by atoms with van der Waals surface area (Å²) in [5, 5.41) is 6.94. The van der Waals surface area contributed by atoms with Crippen LogP contribution in [0.5, 0.6) is 0 Å². The molecule has 0 spiro atoms. The standard InChI is InChI=1S/C19H31FN4S/c1-15(2)24-12-9-17(10-13-24)23-19(21-3)22-11-4-14-25-18-7-5-16(20)6-8-18/h5-8,15,17H,4,9-14H2,1-3H3,(H2,21,22,23). The molecule has 0 aliphatic carbocycles. The number of likely N-dealkylation sites (tertiary alicyclic amines) is 1. The van der Waals surface area contributed by atoms with Crippen molar-refractivity contribution in [2.45, 2.75) is 50.1 Å². The lowest BCUT2D eigenvalue weighted by Gasteiger charge is -2.35. The molecule has 25 heavy (non-hydrogen) atoms. The van der Waals surface area contributed by atoms with Crippen molar-refractivity contribution in [2.24, 2.45) is 4.99 Å². The number of halogens is 1. The Labute approximate surface area is 155 Å². The van der Waals surface area contributed by atoms with Crippen LogP contribution in [0.3, 0.4) is 0 Å². The third kappa shape index (κ3) is 7.24. The fourth-order valence-electron chi connectivity index (χ4n) is 2.95. The molecular formula is C19H31FN4S. The first-order valence-electron chi connectivity index (χ1n) is 9.18. The number of aliphatic imine (C=N–C) groups is 1. The van der Waals surface area contributed by atoms with Gasteiger partial charge in [0, 0.05) is 43.7 Å². The van der Waals surface area contributed by atoms with Crippen molar-refractivity contribution in [3.05, 3.63) is 30.1 Å². The molecule has 1 aliphatic heterocycles. The monoisotopic (exact) mass is 366 g/mol. The van der Waals surface area contributed by atoms with Crippen LogP contribution < -0.4 is 10.6 Å². The Morgan fingerprint density at radius 1 is 1.28 bits per heavy atom. The Bertz CT molecular complexity index is 525. The lowest BCUT2D eigenvalue weighted by atomic mass is 10.0. The van der Waals surface area contributed by atoms with E-state index in [2.05, 4.69) is 34.4 Å². The van der Waals surface area contributed by atoms with Gasteiger partial charge < -0.3 is 15.5 Å². The van der Waals surface area contributed by atoms with Crippen LogP contribution in [0, 0.1) is 5.82 Å². The fraction of sp³-hybridized carbons (Fsp3) is 0.632. The molecule has 1 aliphatic rings. The van der Waals surface area contributed by atoms with Gasteiger partial charge in [0.05, 0.1) is 0 Å². The summed E-state index contributed by atoms with van der Waals surface area (Å²) in [6, 6.07) is 7.83. The highest BCUT2D eigenvalue weighted by Crippen LogP contribution is 2.18. The minimum Gasteiger partial charge on any atom is -0.356 e. The predicted molar refractivity (Wildman–Crippen MR) is 106 cm³/mol.